The van der Waals surface area contributed by atoms with Gasteiger partial charge in [-0.25, -0.2) is 4.98 Å². The quantitative estimate of drug-likeness (QED) is 0.555. The van der Waals surface area contributed by atoms with E-state index in [-0.39, 0.29) is 47.3 Å². The average Bonchev–Trinajstić information content (AvgIpc) is 2.79. The molecule has 0 aromatic carbocycles. The minimum atomic E-state index is -1.14. The molecular formula is C13H19N4NaO3. The third-order valence-corrected chi connectivity index (χ3v) is 4.22. The molecule has 21 heavy (non-hydrogen) atoms. The van der Waals surface area contributed by atoms with Gasteiger partial charge in [0.1, 0.15) is 6.33 Å². The number of amides is 1. The fourth-order valence-electron chi connectivity index (χ4n) is 2.84. The van der Waals surface area contributed by atoms with Crippen molar-refractivity contribution in [3.8, 4) is 0 Å². The van der Waals surface area contributed by atoms with Crippen LogP contribution in [0.3, 0.4) is 0 Å². The van der Waals surface area contributed by atoms with Gasteiger partial charge in [-0.1, -0.05) is 13.8 Å². The monoisotopic (exact) mass is 302 g/mol. The second-order valence-corrected chi connectivity index (χ2v) is 5.46. The van der Waals surface area contributed by atoms with Crippen molar-refractivity contribution in [2.24, 2.45) is 30.7 Å². The predicted molar refractivity (Wildman–Crippen MR) is 68.0 cm³/mol. The van der Waals surface area contributed by atoms with Gasteiger partial charge in [0.2, 0.25) is 5.91 Å². The van der Waals surface area contributed by atoms with Crippen molar-refractivity contribution in [3.05, 3.63) is 12.2 Å². The van der Waals surface area contributed by atoms with E-state index in [1.54, 1.807) is 18.1 Å². The van der Waals surface area contributed by atoms with E-state index in [1.807, 2.05) is 13.8 Å². The first kappa shape index (κ1) is 18.1. The van der Waals surface area contributed by atoms with Crippen LogP contribution in [-0.4, -0.2) is 33.2 Å². The molecule has 1 aromatic rings. The van der Waals surface area contributed by atoms with Crippen molar-refractivity contribution >= 4 is 11.9 Å². The summed E-state index contributed by atoms with van der Waals surface area (Å²) in [6, 6.07) is 0. The molecule has 0 radical (unpaired) electrons. The maximum atomic E-state index is 12.0. The molecule has 1 aliphatic carbocycles. The second kappa shape index (κ2) is 7.38. The van der Waals surface area contributed by atoms with Gasteiger partial charge in [-0.2, -0.15) is 5.10 Å². The zero-order valence-corrected chi connectivity index (χ0v) is 14.9. The molecule has 0 spiro atoms. The number of carbonyl (C=O) groups excluding carboxylic acids is 2. The van der Waals surface area contributed by atoms with Gasteiger partial charge < -0.3 is 15.2 Å². The number of aryl methyl sites for hydroxylation is 1. The number of carboxylic acid groups (broad SMARTS) is 1. The second-order valence-electron chi connectivity index (χ2n) is 5.46. The number of nitrogens with one attached hydrogen (secondary N) is 1. The summed E-state index contributed by atoms with van der Waals surface area (Å²) in [5, 5.41) is 17.9. The summed E-state index contributed by atoms with van der Waals surface area (Å²) in [5.74, 6) is -1.84. The number of aromatic nitrogens is 3. The zero-order valence-electron chi connectivity index (χ0n) is 12.9. The minimum Gasteiger partial charge on any atom is -0.550 e. The van der Waals surface area contributed by atoms with E-state index < -0.39 is 17.8 Å². The normalized spacial score (nSPS) is 27.4. The molecule has 1 aromatic heterocycles. The van der Waals surface area contributed by atoms with Gasteiger partial charge in [0.15, 0.2) is 5.82 Å². The molecule has 0 aliphatic heterocycles. The average molecular weight is 302 g/mol. The van der Waals surface area contributed by atoms with Crippen molar-refractivity contribution in [1.82, 2.24) is 20.1 Å². The fourth-order valence-corrected chi connectivity index (χ4v) is 2.84. The molecule has 2 unspecified atom stereocenters. The fraction of sp³-hybridized carbons (Fsp3) is 0.692. The Bertz CT molecular complexity index is 519. The Balaban J connectivity index is 0.00000220. The summed E-state index contributed by atoms with van der Waals surface area (Å²) in [6.45, 7) is 4.14. The molecule has 1 fully saturated rings. The van der Waals surface area contributed by atoms with E-state index in [4.69, 9.17) is 0 Å². The Labute approximate surface area is 145 Å². The Morgan fingerprint density at radius 3 is 2.48 bits per heavy atom. The minimum absolute atomic E-state index is 0. The summed E-state index contributed by atoms with van der Waals surface area (Å²) in [6.07, 6.45) is 2.12. The van der Waals surface area contributed by atoms with Crippen LogP contribution in [0, 0.1) is 23.7 Å². The Kier molecular flexibility index (Phi) is 6.37. The topological polar surface area (TPSA) is 99.9 Å². The Morgan fingerprint density at radius 1 is 1.33 bits per heavy atom. The number of nitrogens with zero attached hydrogens (tertiary/aromatic N) is 3. The number of carbonyl (C=O) groups is 2. The molecule has 1 amide bonds. The maximum Gasteiger partial charge on any atom is 1.00 e. The molecule has 4 atom stereocenters. The molecule has 7 nitrogen and oxygen atoms in total. The standard InChI is InChI=1S/C13H20N4O3.Na/c1-7-8(2)11(13(19)20)10(7)12(18)14-5-4-9-15-6-17(3)16-9;/h6-8,10-11H,4-5H2,1-3H3,(H,14,18)(H,19,20);/q;+1/p-1/t7?,8?,10-,11+;/m0./s1. The van der Waals surface area contributed by atoms with Gasteiger partial charge >= 0.3 is 29.6 Å². The van der Waals surface area contributed by atoms with Crippen LogP contribution in [0.5, 0.6) is 0 Å². The molecule has 8 heteroatoms. The maximum absolute atomic E-state index is 12.0. The number of hydrogen-bond acceptors (Lipinski definition) is 5. The van der Waals surface area contributed by atoms with Crippen molar-refractivity contribution in [2.75, 3.05) is 6.54 Å². The Morgan fingerprint density at radius 2 is 1.95 bits per heavy atom. The molecule has 0 saturated heterocycles. The van der Waals surface area contributed by atoms with Crippen LogP contribution < -0.4 is 40.0 Å². The van der Waals surface area contributed by atoms with Gasteiger partial charge in [-0.3, -0.25) is 9.48 Å². The van der Waals surface area contributed by atoms with E-state index in [0.717, 1.165) is 0 Å². The van der Waals surface area contributed by atoms with Crippen LogP contribution in [0.25, 0.3) is 0 Å². The largest absolute Gasteiger partial charge is 1.00 e. The zero-order chi connectivity index (χ0) is 14.9. The van der Waals surface area contributed by atoms with Crippen molar-refractivity contribution in [1.29, 1.82) is 0 Å². The summed E-state index contributed by atoms with van der Waals surface area (Å²) >= 11 is 0. The molecule has 1 heterocycles. The van der Waals surface area contributed by atoms with Gasteiger partial charge in [0.25, 0.3) is 0 Å². The SMILES string of the molecule is CC1C(C)[C@H](C(=O)NCCc2ncn(C)n2)[C@@H]1C(=O)[O-].[Na+]. The van der Waals surface area contributed by atoms with E-state index in [9.17, 15) is 14.7 Å². The van der Waals surface area contributed by atoms with Crippen LogP contribution in [-0.2, 0) is 23.1 Å². The Hall–Kier alpha value is -0.920. The first-order valence-corrected chi connectivity index (χ1v) is 6.75. The van der Waals surface area contributed by atoms with Gasteiger partial charge in [-0.05, 0) is 11.8 Å². The summed E-state index contributed by atoms with van der Waals surface area (Å²) in [5.41, 5.74) is 0. The van der Waals surface area contributed by atoms with Crippen LogP contribution in [0.4, 0.5) is 0 Å². The number of rotatable bonds is 5. The van der Waals surface area contributed by atoms with Crippen LogP contribution in [0.2, 0.25) is 0 Å². The number of aliphatic carboxylic acids is 1. The third-order valence-electron chi connectivity index (χ3n) is 4.22. The van der Waals surface area contributed by atoms with E-state index >= 15 is 0 Å². The predicted octanol–water partition coefficient (Wildman–Crippen LogP) is -4.25. The van der Waals surface area contributed by atoms with E-state index in [2.05, 4.69) is 15.4 Å². The molecular weight excluding hydrogens is 283 g/mol. The third kappa shape index (κ3) is 3.84. The van der Waals surface area contributed by atoms with E-state index in [1.165, 1.54) is 0 Å². The molecule has 1 N–H and O–H groups in total. The van der Waals surface area contributed by atoms with Gasteiger partial charge in [0, 0.05) is 37.8 Å². The van der Waals surface area contributed by atoms with Crippen LogP contribution >= 0.6 is 0 Å². The first-order chi connectivity index (χ1) is 9.41. The molecule has 1 saturated carbocycles. The number of carboxylic acids is 1. The van der Waals surface area contributed by atoms with Crippen LogP contribution in [0.15, 0.2) is 6.33 Å². The summed E-state index contributed by atoms with van der Waals surface area (Å²) in [7, 11) is 1.77. The van der Waals surface area contributed by atoms with Crippen LogP contribution in [0.1, 0.15) is 19.7 Å². The smallest absolute Gasteiger partial charge is 0.550 e. The molecule has 1 aliphatic rings. The van der Waals surface area contributed by atoms with Crippen molar-refractivity contribution in [2.45, 2.75) is 20.3 Å². The number of hydrogen-bond donors (Lipinski definition) is 1. The molecule has 0 bridgehead atoms. The molecule has 110 valence electrons. The van der Waals surface area contributed by atoms with Crippen molar-refractivity contribution in [3.63, 3.8) is 0 Å². The van der Waals surface area contributed by atoms with Gasteiger partial charge in [0.05, 0.1) is 0 Å². The van der Waals surface area contributed by atoms with E-state index in [0.29, 0.717) is 18.8 Å². The van der Waals surface area contributed by atoms with Gasteiger partial charge in [-0.15, -0.1) is 0 Å². The molecule has 2 rings (SSSR count). The first-order valence-electron chi connectivity index (χ1n) is 6.75. The van der Waals surface area contributed by atoms with Crippen molar-refractivity contribution < 1.29 is 44.3 Å². The summed E-state index contributed by atoms with van der Waals surface area (Å²) < 4.78 is 1.60. The summed E-state index contributed by atoms with van der Waals surface area (Å²) in [4.78, 5) is 27.1.